The summed E-state index contributed by atoms with van der Waals surface area (Å²) in [7, 11) is -4.01. The lowest BCUT2D eigenvalue weighted by molar-refractivity contribution is 0.371. The Kier molecular flexibility index (Phi) is 9.95. The van der Waals surface area contributed by atoms with Crippen molar-refractivity contribution in [2.24, 2.45) is 0 Å². The number of rotatable bonds is 13. The standard InChI is InChI=1S/C22H30F2NO3P/c23-21-16-20(17-25-13-8-14-29(26,27)28)22(24)15-19(21)12-7-2-1-4-9-18-10-5-3-6-11-18/h3,5-6,10-11,15-16,25H,1-2,4,7-9,12-14,17H2,(H2,26,27,28). The quantitative estimate of drug-likeness (QED) is 0.313. The Morgan fingerprint density at radius 2 is 1.45 bits per heavy atom. The zero-order chi connectivity index (χ0) is 21.1. The molecule has 0 heterocycles. The number of nitrogens with one attached hydrogen (secondary N) is 1. The molecule has 0 saturated carbocycles. The summed E-state index contributed by atoms with van der Waals surface area (Å²) in [6.45, 7) is 0.459. The van der Waals surface area contributed by atoms with Crippen LogP contribution in [-0.2, 0) is 24.0 Å². The van der Waals surface area contributed by atoms with E-state index in [0.29, 0.717) is 18.5 Å². The largest absolute Gasteiger partial charge is 0.325 e. The highest BCUT2D eigenvalue weighted by Gasteiger charge is 2.12. The Hall–Kier alpha value is -1.59. The van der Waals surface area contributed by atoms with Gasteiger partial charge in [-0.2, -0.15) is 0 Å². The second kappa shape index (κ2) is 12.2. The summed E-state index contributed by atoms with van der Waals surface area (Å²) < 4.78 is 39.2. The van der Waals surface area contributed by atoms with Crippen molar-refractivity contribution in [3.8, 4) is 0 Å². The maximum atomic E-state index is 14.3. The third kappa shape index (κ3) is 9.64. The fourth-order valence-corrected chi connectivity index (χ4v) is 3.80. The molecule has 0 aliphatic heterocycles. The molecule has 2 aromatic carbocycles. The zero-order valence-corrected chi connectivity index (χ0v) is 17.5. The first-order chi connectivity index (χ1) is 13.8. The van der Waals surface area contributed by atoms with Gasteiger partial charge >= 0.3 is 7.60 Å². The number of hydrogen-bond acceptors (Lipinski definition) is 2. The first-order valence-corrected chi connectivity index (χ1v) is 11.9. The van der Waals surface area contributed by atoms with Gasteiger partial charge in [0.15, 0.2) is 0 Å². The average Bonchev–Trinajstić information content (AvgIpc) is 2.67. The maximum Gasteiger partial charge on any atom is 0.325 e. The molecule has 0 aliphatic carbocycles. The van der Waals surface area contributed by atoms with Gasteiger partial charge < -0.3 is 15.1 Å². The second-order valence-corrected chi connectivity index (χ2v) is 9.13. The molecule has 0 atom stereocenters. The lowest BCUT2D eigenvalue weighted by Crippen LogP contribution is -2.17. The van der Waals surface area contributed by atoms with Gasteiger partial charge in [0.05, 0.1) is 6.16 Å². The third-order valence-corrected chi connectivity index (χ3v) is 5.74. The van der Waals surface area contributed by atoms with E-state index in [1.807, 2.05) is 18.2 Å². The molecular formula is C22H30F2NO3P. The maximum absolute atomic E-state index is 14.3. The summed E-state index contributed by atoms with van der Waals surface area (Å²) in [4.78, 5) is 17.6. The van der Waals surface area contributed by atoms with Crippen LogP contribution >= 0.6 is 7.60 Å². The van der Waals surface area contributed by atoms with Crippen molar-refractivity contribution in [3.63, 3.8) is 0 Å². The van der Waals surface area contributed by atoms with Crippen LogP contribution in [0.3, 0.4) is 0 Å². The molecule has 0 saturated heterocycles. The van der Waals surface area contributed by atoms with Crippen LogP contribution in [0.1, 0.15) is 48.8 Å². The minimum atomic E-state index is -4.01. The first kappa shape index (κ1) is 23.7. The molecule has 3 N–H and O–H groups in total. The molecule has 160 valence electrons. The molecule has 0 spiro atoms. The van der Waals surface area contributed by atoms with Gasteiger partial charge in [-0.1, -0.05) is 43.2 Å². The van der Waals surface area contributed by atoms with Gasteiger partial charge in [-0.15, -0.1) is 0 Å². The molecule has 2 rings (SSSR count). The highest BCUT2D eigenvalue weighted by molar-refractivity contribution is 7.51. The number of hydrogen-bond donors (Lipinski definition) is 3. The fraction of sp³-hybridized carbons (Fsp3) is 0.455. The molecule has 0 aromatic heterocycles. The minimum Gasteiger partial charge on any atom is -0.324 e. The Balaban J connectivity index is 1.68. The predicted octanol–water partition coefficient (Wildman–Crippen LogP) is 4.97. The Bertz CT molecular complexity index is 796. The van der Waals surface area contributed by atoms with Gasteiger partial charge in [0, 0.05) is 12.1 Å². The highest BCUT2D eigenvalue weighted by atomic mass is 31.2. The van der Waals surface area contributed by atoms with E-state index in [-0.39, 0.29) is 24.7 Å². The number of aryl methyl sites for hydroxylation is 2. The molecule has 0 aliphatic rings. The van der Waals surface area contributed by atoms with Crippen LogP contribution < -0.4 is 5.32 Å². The van der Waals surface area contributed by atoms with E-state index in [4.69, 9.17) is 9.79 Å². The second-order valence-electron chi connectivity index (χ2n) is 7.35. The molecule has 0 unspecified atom stereocenters. The lowest BCUT2D eigenvalue weighted by atomic mass is 10.0. The fourth-order valence-electron chi connectivity index (χ4n) is 3.23. The third-order valence-electron chi connectivity index (χ3n) is 4.84. The Labute approximate surface area is 171 Å². The molecule has 0 radical (unpaired) electrons. The molecule has 29 heavy (non-hydrogen) atoms. The van der Waals surface area contributed by atoms with Crippen LogP contribution in [0.25, 0.3) is 0 Å². The van der Waals surface area contributed by atoms with Crippen molar-refractivity contribution in [3.05, 3.63) is 70.8 Å². The lowest BCUT2D eigenvalue weighted by Gasteiger charge is -2.10. The predicted molar refractivity (Wildman–Crippen MR) is 112 cm³/mol. The van der Waals surface area contributed by atoms with E-state index in [1.165, 1.54) is 17.7 Å². The summed E-state index contributed by atoms with van der Waals surface area (Å²) in [6, 6.07) is 12.8. The van der Waals surface area contributed by atoms with E-state index >= 15 is 0 Å². The first-order valence-electron chi connectivity index (χ1n) is 10.1. The molecule has 0 bridgehead atoms. The summed E-state index contributed by atoms with van der Waals surface area (Å²) >= 11 is 0. The SMILES string of the molecule is O=P(O)(O)CCCNCc1cc(F)c(CCCCCCc2ccccc2)cc1F. The topological polar surface area (TPSA) is 69.6 Å². The Morgan fingerprint density at radius 1 is 0.828 bits per heavy atom. The van der Waals surface area contributed by atoms with E-state index in [2.05, 4.69) is 17.4 Å². The van der Waals surface area contributed by atoms with Crippen molar-refractivity contribution in [2.45, 2.75) is 51.5 Å². The monoisotopic (exact) mass is 425 g/mol. The van der Waals surface area contributed by atoms with Crippen molar-refractivity contribution in [2.75, 3.05) is 12.7 Å². The summed E-state index contributed by atoms with van der Waals surface area (Å²) in [6.07, 6.45) is 5.58. The number of unbranched alkanes of at least 4 members (excludes halogenated alkanes) is 3. The summed E-state index contributed by atoms with van der Waals surface area (Å²) in [5, 5.41) is 2.89. The molecule has 4 nitrogen and oxygen atoms in total. The average molecular weight is 425 g/mol. The zero-order valence-electron chi connectivity index (χ0n) is 16.6. The van der Waals surface area contributed by atoms with E-state index in [9.17, 15) is 13.3 Å². The van der Waals surface area contributed by atoms with Crippen molar-refractivity contribution in [1.82, 2.24) is 5.32 Å². The van der Waals surface area contributed by atoms with Gasteiger partial charge in [0.25, 0.3) is 0 Å². The minimum absolute atomic E-state index is 0.129. The molecule has 0 fully saturated rings. The normalized spacial score (nSPS) is 11.7. The summed E-state index contributed by atoms with van der Waals surface area (Å²) in [5.41, 5.74) is 1.95. The van der Waals surface area contributed by atoms with Crippen LogP contribution in [0.2, 0.25) is 0 Å². The van der Waals surface area contributed by atoms with E-state index in [0.717, 1.165) is 32.1 Å². The van der Waals surface area contributed by atoms with Gasteiger partial charge in [0.2, 0.25) is 0 Å². The van der Waals surface area contributed by atoms with Crippen LogP contribution in [-0.4, -0.2) is 22.5 Å². The van der Waals surface area contributed by atoms with Gasteiger partial charge in [0.1, 0.15) is 11.6 Å². The van der Waals surface area contributed by atoms with Crippen molar-refractivity contribution >= 4 is 7.60 Å². The Morgan fingerprint density at radius 3 is 2.14 bits per heavy atom. The number of halogens is 2. The molecule has 0 amide bonds. The van der Waals surface area contributed by atoms with Gasteiger partial charge in [-0.25, -0.2) is 8.78 Å². The van der Waals surface area contributed by atoms with Crippen LogP contribution in [0.5, 0.6) is 0 Å². The van der Waals surface area contributed by atoms with Crippen molar-refractivity contribution < 1.29 is 23.1 Å². The molecular weight excluding hydrogens is 395 g/mol. The highest BCUT2D eigenvalue weighted by Crippen LogP contribution is 2.34. The van der Waals surface area contributed by atoms with Crippen molar-refractivity contribution in [1.29, 1.82) is 0 Å². The van der Waals surface area contributed by atoms with Crippen LogP contribution in [0, 0.1) is 11.6 Å². The van der Waals surface area contributed by atoms with E-state index in [1.54, 1.807) is 0 Å². The van der Waals surface area contributed by atoms with E-state index < -0.39 is 19.2 Å². The number of benzene rings is 2. The van der Waals surface area contributed by atoms with Gasteiger partial charge in [-0.05, 0) is 61.9 Å². The summed E-state index contributed by atoms with van der Waals surface area (Å²) in [5.74, 6) is -0.851. The van der Waals surface area contributed by atoms with Crippen LogP contribution in [0.15, 0.2) is 42.5 Å². The molecule has 2 aromatic rings. The van der Waals surface area contributed by atoms with Crippen LogP contribution in [0.4, 0.5) is 8.78 Å². The molecule has 7 heteroatoms. The smallest absolute Gasteiger partial charge is 0.324 e. The van der Waals surface area contributed by atoms with Gasteiger partial charge in [-0.3, -0.25) is 4.57 Å².